The lowest BCUT2D eigenvalue weighted by Gasteiger charge is -2.04. The molecule has 1 unspecified atom stereocenters. The predicted molar refractivity (Wildman–Crippen MR) is 84.8 cm³/mol. The van der Waals surface area contributed by atoms with Crippen LogP contribution in [-0.2, 0) is 12.2 Å². The molecule has 0 aliphatic rings. The molecule has 20 heavy (non-hydrogen) atoms. The lowest BCUT2D eigenvalue weighted by atomic mass is 10.2. The van der Waals surface area contributed by atoms with Gasteiger partial charge in [0.05, 0.1) is 10.8 Å². The van der Waals surface area contributed by atoms with Crippen molar-refractivity contribution in [2.24, 2.45) is 0 Å². The predicted octanol–water partition coefficient (Wildman–Crippen LogP) is 3.59. The fraction of sp³-hybridized carbons (Fsp3) is 0.385. The molecule has 0 aliphatic heterocycles. The first kappa shape index (κ1) is 17.3. The fourth-order valence-electron chi connectivity index (χ4n) is 1.51. The largest absolute Gasteiger partial charge is 0.338 e. The van der Waals surface area contributed by atoms with E-state index >= 15 is 0 Å². The maximum Gasteiger partial charge on any atom is 0.237 e. The van der Waals surface area contributed by atoms with Crippen molar-refractivity contribution in [3.63, 3.8) is 0 Å². The summed E-state index contributed by atoms with van der Waals surface area (Å²) in [5.74, 6) is 1.99. The summed E-state index contributed by atoms with van der Waals surface area (Å²) < 4.78 is 5.22. The maximum atomic E-state index is 6.09. The molecule has 7 heteroatoms. The molecule has 0 aliphatic carbocycles. The number of benzene rings is 1. The smallest absolute Gasteiger partial charge is 0.237 e. The summed E-state index contributed by atoms with van der Waals surface area (Å²) in [4.78, 5) is 5.38. The highest BCUT2D eigenvalue weighted by atomic mass is 35.5. The number of likely N-dealkylation sites (N-methyl/N-ethyl adjacent to an activating group) is 1. The van der Waals surface area contributed by atoms with Crippen LogP contribution in [0.15, 0.2) is 33.7 Å². The lowest BCUT2D eigenvalue weighted by Crippen LogP contribution is -2.24. The normalized spacial score (nSPS) is 11.9. The van der Waals surface area contributed by atoms with E-state index in [2.05, 4.69) is 22.4 Å². The van der Waals surface area contributed by atoms with Gasteiger partial charge in [-0.15, -0.1) is 24.2 Å². The highest BCUT2D eigenvalue weighted by molar-refractivity contribution is 7.98. The Morgan fingerprint density at radius 2 is 2.15 bits per heavy atom. The molecule has 0 saturated heterocycles. The maximum absolute atomic E-state index is 6.09. The van der Waals surface area contributed by atoms with Crippen LogP contribution in [0.3, 0.4) is 0 Å². The molecular weight excluding hydrogens is 317 g/mol. The monoisotopic (exact) mass is 333 g/mol. The van der Waals surface area contributed by atoms with Gasteiger partial charge in [-0.2, -0.15) is 4.98 Å². The first-order valence-electron chi connectivity index (χ1n) is 6.05. The molecule has 4 nitrogen and oxygen atoms in total. The van der Waals surface area contributed by atoms with Crippen molar-refractivity contribution in [3.05, 3.63) is 41.0 Å². The van der Waals surface area contributed by atoms with Crippen LogP contribution in [0.5, 0.6) is 0 Å². The Bertz CT molecular complexity index is 536. The van der Waals surface area contributed by atoms with Crippen molar-refractivity contribution in [1.82, 2.24) is 15.5 Å². The van der Waals surface area contributed by atoms with Crippen LogP contribution in [0.2, 0.25) is 5.02 Å². The average Bonchev–Trinajstić information content (AvgIpc) is 2.85. The van der Waals surface area contributed by atoms with Crippen molar-refractivity contribution >= 4 is 35.8 Å². The highest BCUT2D eigenvalue weighted by Gasteiger charge is 2.10. The van der Waals surface area contributed by atoms with Crippen LogP contribution >= 0.6 is 35.8 Å². The zero-order valence-corrected chi connectivity index (χ0v) is 13.7. The minimum absolute atomic E-state index is 0. The second-order valence-corrected chi connectivity index (χ2v) is 5.64. The van der Waals surface area contributed by atoms with Gasteiger partial charge in [-0.05, 0) is 26.1 Å². The Morgan fingerprint density at radius 3 is 2.85 bits per heavy atom. The van der Waals surface area contributed by atoms with Gasteiger partial charge in [-0.3, -0.25) is 0 Å². The summed E-state index contributed by atoms with van der Waals surface area (Å²) in [5, 5.41) is 7.86. The number of thioether (sulfide) groups is 1. The molecule has 1 atom stereocenters. The molecule has 2 rings (SSSR count). The third-order valence-corrected chi connectivity index (χ3v) is 4.18. The molecule has 110 valence electrons. The first-order valence-corrected chi connectivity index (χ1v) is 7.41. The number of nitrogens with one attached hydrogen (secondary N) is 1. The van der Waals surface area contributed by atoms with Gasteiger partial charge in [0, 0.05) is 17.4 Å². The van der Waals surface area contributed by atoms with Gasteiger partial charge in [-0.1, -0.05) is 28.9 Å². The van der Waals surface area contributed by atoms with E-state index in [1.54, 1.807) is 11.8 Å². The molecule has 0 saturated carbocycles. The summed E-state index contributed by atoms with van der Waals surface area (Å²) in [6.07, 6.45) is 0.761. The van der Waals surface area contributed by atoms with Gasteiger partial charge in [-0.25, -0.2) is 0 Å². The Hall–Kier alpha value is -0.750. The van der Waals surface area contributed by atoms with Crippen LogP contribution < -0.4 is 5.32 Å². The van der Waals surface area contributed by atoms with Gasteiger partial charge in [0.25, 0.3) is 0 Å². The van der Waals surface area contributed by atoms with Gasteiger partial charge in [0.1, 0.15) is 0 Å². The van der Waals surface area contributed by atoms with E-state index in [0.717, 1.165) is 22.2 Å². The average molecular weight is 334 g/mol. The first-order chi connectivity index (χ1) is 9.19. The number of halogens is 2. The van der Waals surface area contributed by atoms with Gasteiger partial charge < -0.3 is 9.84 Å². The number of hydrogen-bond donors (Lipinski definition) is 1. The number of hydrogen-bond acceptors (Lipinski definition) is 5. The molecule has 0 amide bonds. The van der Waals surface area contributed by atoms with E-state index < -0.39 is 0 Å². The van der Waals surface area contributed by atoms with Crippen LogP contribution in [0.4, 0.5) is 0 Å². The second-order valence-electron chi connectivity index (χ2n) is 4.22. The molecule has 1 heterocycles. The number of nitrogens with zero attached hydrogens (tertiary/aromatic N) is 2. The van der Waals surface area contributed by atoms with Crippen molar-refractivity contribution in [3.8, 4) is 0 Å². The summed E-state index contributed by atoms with van der Waals surface area (Å²) >= 11 is 7.68. The molecule has 2 aromatic rings. The third kappa shape index (κ3) is 4.98. The van der Waals surface area contributed by atoms with Crippen LogP contribution in [0.1, 0.15) is 18.6 Å². The SMILES string of the molecule is CNC(C)Cc1noc(CSc2ccccc2Cl)n1.Cl. The second kappa shape index (κ2) is 8.52. The van der Waals surface area contributed by atoms with Crippen molar-refractivity contribution in [1.29, 1.82) is 0 Å². The molecule has 0 radical (unpaired) electrons. The number of rotatable bonds is 6. The highest BCUT2D eigenvalue weighted by Crippen LogP contribution is 2.28. The molecule has 0 spiro atoms. The standard InChI is InChI=1S/C13H16ClN3OS.ClH/c1-9(15-2)7-12-16-13(18-17-12)8-19-11-6-4-3-5-10(11)14;/h3-6,9,15H,7-8H2,1-2H3;1H. The molecule has 1 N–H and O–H groups in total. The zero-order valence-electron chi connectivity index (χ0n) is 11.3. The molecular formula is C13H17Cl2N3OS. The van der Waals surface area contributed by atoms with Crippen LogP contribution in [0.25, 0.3) is 0 Å². The Labute approximate surface area is 134 Å². The minimum Gasteiger partial charge on any atom is -0.338 e. The van der Waals surface area contributed by atoms with E-state index in [9.17, 15) is 0 Å². The van der Waals surface area contributed by atoms with Gasteiger partial charge in [0.2, 0.25) is 5.89 Å². The molecule has 1 aromatic heterocycles. The zero-order chi connectivity index (χ0) is 13.7. The summed E-state index contributed by atoms with van der Waals surface area (Å²) in [6.45, 7) is 2.08. The molecule has 0 fully saturated rings. The van der Waals surface area contributed by atoms with Crippen LogP contribution in [0, 0.1) is 0 Å². The third-order valence-electron chi connectivity index (χ3n) is 2.68. The Kier molecular flexibility index (Phi) is 7.37. The Balaban J connectivity index is 0.00000200. The van der Waals surface area contributed by atoms with E-state index in [1.807, 2.05) is 31.3 Å². The fourth-order valence-corrected chi connectivity index (χ4v) is 2.59. The van der Waals surface area contributed by atoms with Crippen LogP contribution in [-0.4, -0.2) is 23.2 Å². The van der Waals surface area contributed by atoms with Gasteiger partial charge >= 0.3 is 0 Å². The summed E-state index contributed by atoms with van der Waals surface area (Å²) in [5.41, 5.74) is 0. The molecule has 1 aromatic carbocycles. The van der Waals surface area contributed by atoms with Gasteiger partial charge in [0.15, 0.2) is 5.82 Å². The Morgan fingerprint density at radius 1 is 1.40 bits per heavy atom. The van der Waals surface area contributed by atoms with Crippen molar-refractivity contribution in [2.45, 2.75) is 30.0 Å². The van der Waals surface area contributed by atoms with E-state index in [4.69, 9.17) is 16.1 Å². The number of aromatic nitrogens is 2. The quantitative estimate of drug-likeness (QED) is 0.818. The topological polar surface area (TPSA) is 51.0 Å². The summed E-state index contributed by atoms with van der Waals surface area (Å²) in [7, 11) is 1.92. The van der Waals surface area contributed by atoms with Crippen molar-refractivity contribution in [2.75, 3.05) is 7.05 Å². The van der Waals surface area contributed by atoms with E-state index in [1.165, 1.54) is 0 Å². The summed E-state index contributed by atoms with van der Waals surface area (Å²) in [6, 6.07) is 8.06. The van der Waals surface area contributed by atoms with E-state index in [0.29, 0.717) is 17.7 Å². The van der Waals surface area contributed by atoms with E-state index in [-0.39, 0.29) is 12.4 Å². The lowest BCUT2D eigenvalue weighted by molar-refractivity contribution is 0.382. The molecule has 0 bridgehead atoms. The minimum atomic E-state index is 0. The van der Waals surface area contributed by atoms with Crippen molar-refractivity contribution < 1.29 is 4.52 Å².